The summed E-state index contributed by atoms with van der Waals surface area (Å²) >= 11 is 0. The number of aryl methyl sites for hydroxylation is 1. The second-order valence-corrected chi connectivity index (χ2v) is 14.9. The van der Waals surface area contributed by atoms with E-state index in [1.807, 2.05) is 10.9 Å². The van der Waals surface area contributed by atoms with Crippen LogP contribution in [0, 0.1) is 0 Å². The third-order valence-electron chi connectivity index (χ3n) is 10.9. The Hall–Kier alpha value is -5.76. The van der Waals surface area contributed by atoms with Gasteiger partial charge in [0, 0.05) is 50.3 Å². The van der Waals surface area contributed by atoms with Gasteiger partial charge in [-0.2, -0.15) is 18.3 Å². The molecule has 5 heterocycles. The van der Waals surface area contributed by atoms with Crippen LogP contribution in [0.1, 0.15) is 80.6 Å². The first-order chi connectivity index (χ1) is 29.4. The number of benzene rings is 2. The van der Waals surface area contributed by atoms with Crippen LogP contribution in [0.4, 0.5) is 18.9 Å². The lowest BCUT2D eigenvalue weighted by molar-refractivity contribution is -0.141. The van der Waals surface area contributed by atoms with E-state index in [0.717, 1.165) is 54.9 Å². The number of nitrogens with zero attached hydrogens (tertiary/aromatic N) is 5. The average Bonchev–Trinajstić information content (AvgIpc) is 3.78. The summed E-state index contributed by atoms with van der Waals surface area (Å²) in [6.45, 7) is 5.13. The Morgan fingerprint density at radius 1 is 0.902 bits per heavy atom. The summed E-state index contributed by atoms with van der Waals surface area (Å²) in [6, 6.07) is 10.8. The molecule has 2 fully saturated rings. The summed E-state index contributed by atoms with van der Waals surface area (Å²) in [5.41, 5.74) is 0.700. The number of aromatic nitrogens is 3. The zero-order chi connectivity index (χ0) is 43.1. The Morgan fingerprint density at radius 2 is 1.62 bits per heavy atom. The normalized spacial score (nSPS) is 17.6. The third kappa shape index (κ3) is 10.2. The summed E-state index contributed by atoms with van der Waals surface area (Å²) < 4.78 is 63.9. The van der Waals surface area contributed by atoms with Gasteiger partial charge < -0.3 is 29.2 Å². The van der Waals surface area contributed by atoms with Gasteiger partial charge in [-0.25, -0.2) is 4.98 Å². The van der Waals surface area contributed by atoms with Crippen molar-refractivity contribution in [2.45, 2.75) is 56.8 Å². The molecule has 0 bridgehead atoms. The van der Waals surface area contributed by atoms with E-state index in [1.165, 1.54) is 13.2 Å². The molecule has 16 nitrogen and oxygen atoms in total. The zero-order valence-electron chi connectivity index (χ0n) is 33.5. The van der Waals surface area contributed by atoms with Crippen LogP contribution in [0.15, 0.2) is 54.7 Å². The van der Waals surface area contributed by atoms with Gasteiger partial charge in [0.1, 0.15) is 23.2 Å². The SMILES string of the molecule is COc1cc2nn(C3CCN(CCOCCOCCOCCCc4cccc5c4C(=O)N(C4CCC(=O)NC4=O)C5=O)CC3)cc2cc1NC(=O)c1cccc(C(F)(F)F)n1. The Morgan fingerprint density at radius 3 is 2.34 bits per heavy atom. The smallest absolute Gasteiger partial charge is 0.433 e. The van der Waals surface area contributed by atoms with E-state index < -0.39 is 47.4 Å². The fourth-order valence-electron chi connectivity index (χ4n) is 7.73. The van der Waals surface area contributed by atoms with Crippen LogP contribution in [-0.2, 0) is 36.4 Å². The number of piperidine rings is 2. The lowest BCUT2D eigenvalue weighted by Crippen LogP contribution is -2.54. The Balaban J connectivity index is 0.755. The van der Waals surface area contributed by atoms with Crippen molar-refractivity contribution in [2.75, 3.05) is 71.7 Å². The molecule has 61 heavy (non-hydrogen) atoms. The summed E-state index contributed by atoms with van der Waals surface area (Å²) in [7, 11) is 1.43. The van der Waals surface area contributed by atoms with E-state index in [4.69, 9.17) is 24.0 Å². The summed E-state index contributed by atoms with van der Waals surface area (Å²) in [5, 5.41) is 10.3. The van der Waals surface area contributed by atoms with Gasteiger partial charge in [0.15, 0.2) is 0 Å². The molecule has 3 aliphatic rings. The highest BCUT2D eigenvalue weighted by Gasteiger charge is 2.45. The molecule has 2 aromatic carbocycles. The molecule has 19 heteroatoms. The van der Waals surface area contributed by atoms with Gasteiger partial charge in [-0.3, -0.25) is 38.9 Å². The molecule has 7 rings (SSSR count). The number of ether oxygens (including phenoxy) is 4. The van der Waals surface area contributed by atoms with Crippen molar-refractivity contribution in [2.24, 2.45) is 0 Å². The molecule has 1 atom stereocenters. The number of imide groups is 2. The molecule has 0 spiro atoms. The number of halogens is 3. The van der Waals surface area contributed by atoms with Crippen LogP contribution in [0.2, 0.25) is 0 Å². The summed E-state index contributed by atoms with van der Waals surface area (Å²) in [5.74, 6) is -2.57. The maximum absolute atomic E-state index is 13.3. The van der Waals surface area contributed by atoms with E-state index in [9.17, 15) is 37.1 Å². The number of likely N-dealkylation sites (tertiary alicyclic amines) is 1. The molecule has 2 N–H and O–H groups in total. The summed E-state index contributed by atoms with van der Waals surface area (Å²) in [4.78, 5) is 69.8. The molecule has 0 radical (unpaired) electrons. The first-order valence-corrected chi connectivity index (χ1v) is 20.1. The van der Waals surface area contributed by atoms with Crippen LogP contribution in [0.3, 0.4) is 0 Å². The highest BCUT2D eigenvalue weighted by atomic mass is 19.4. The summed E-state index contributed by atoms with van der Waals surface area (Å²) in [6.07, 6.45) is 0.250. The minimum atomic E-state index is -4.68. The predicted octanol–water partition coefficient (Wildman–Crippen LogP) is 4.43. The van der Waals surface area contributed by atoms with E-state index in [1.54, 1.807) is 30.3 Å². The molecule has 2 saturated heterocycles. The van der Waals surface area contributed by atoms with Crippen molar-refractivity contribution in [3.8, 4) is 5.75 Å². The van der Waals surface area contributed by atoms with Crippen molar-refractivity contribution in [1.29, 1.82) is 0 Å². The Labute approximate surface area is 348 Å². The highest BCUT2D eigenvalue weighted by molar-refractivity contribution is 6.24. The van der Waals surface area contributed by atoms with Gasteiger partial charge in [0.05, 0.1) is 68.5 Å². The van der Waals surface area contributed by atoms with Crippen molar-refractivity contribution in [3.05, 3.63) is 82.8 Å². The van der Waals surface area contributed by atoms with Crippen molar-refractivity contribution in [1.82, 2.24) is 29.9 Å². The largest absolute Gasteiger partial charge is 0.494 e. The van der Waals surface area contributed by atoms with Crippen LogP contribution >= 0.6 is 0 Å². The molecule has 0 saturated carbocycles. The molecular formula is C42H46F3N7O9. The maximum atomic E-state index is 13.3. The predicted molar refractivity (Wildman–Crippen MR) is 212 cm³/mol. The number of fused-ring (bicyclic) bond motifs is 2. The number of hydrogen-bond donors (Lipinski definition) is 2. The molecule has 4 aromatic rings. The van der Waals surface area contributed by atoms with Gasteiger partial charge in [-0.05, 0) is 61.9 Å². The van der Waals surface area contributed by atoms with Gasteiger partial charge in [-0.1, -0.05) is 18.2 Å². The Bertz CT molecular complexity index is 2280. The zero-order valence-corrected chi connectivity index (χ0v) is 33.5. The monoisotopic (exact) mass is 849 g/mol. The fourth-order valence-corrected chi connectivity index (χ4v) is 7.73. The van der Waals surface area contributed by atoms with E-state index in [0.29, 0.717) is 74.9 Å². The van der Waals surface area contributed by atoms with Crippen molar-refractivity contribution < 1.29 is 56.1 Å². The lowest BCUT2D eigenvalue weighted by atomic mass is 9.99. The number of nitrogens with one attached hydrogen (secondary N) is 2. The quantitative estimate of drug-likeness (QED) is 0.106. The number of hydrogen-bond acceptors (Lipinski definition) is 12. The maximum Gasteiger partial charge on any atom is 0.433 e. The molecule has 1 unspecified atom stereocenters. The van der Waals surface area contributed by atoms with E-state index in [-0.39, 0.29) is 35.8 Å². The topological polar surface area (TPSA) is 184 Å². The molecule has 5 amide bonds. The molecule has 3 aliphatic heterocycles. The van der Waals surface area contributed by atoms with Gasteiger partial charge in [-0.15, -0.1) is 0 Å². The molecule has 324 valence electrons. The van der Waals surface area contributed by atoms with Gasteiger partial charge in [0.25, 0.3) is 17.7 Å². The van der Waals surface area contributed by atoms with Crippen LogP contribution in [0.5, 0.6) is 5.75 Å². The van der Waals surface area contributed by atoms with E-state index >= 15 is 0 Å². The molecule has 0 aliphatic carbocycles. The second-order valence-electron chi connectivity index (χ2n) is 14.9. The molecule has 2 aromatic heterocycles. The second kappa shape index (κ2) is 19.3. The highest BCUT2D eigenvalue weighted by Crippen LogP contribution is 2.34. The number of pyridine rings is 1. The van der Waals surface area contributed by atoms with Crippen molar-refractivity contribution >= 4 is 46.1 Å². The van der Waals surface area contributed by atoms with Crippen LogP contribution in [-0.4, -0.2) is 127 Å². The minimum absolute atomic E-state index is 0.0657. The molecular weight excluding hydrogens is 803 g/mol. The first-order valence-electron chi connectivity index (χ1n) is 20.1. The fraction of sp³-hybridized carbons (Fsp3) is 0.452. The van der Waals surface area contributed by atoms with Gasteiger partial charge in [0.2, 0.25) is 11.8 Å². The first kappa shape index (κ1) is 43.3. The van der Waals surface area contributed by atoms with Gasteiger partial charge >= 0.3 is 6.18 Å². The standard InChI is InChI=1S/C42H46F3N7O9/c1-58-34-24-31-27(23-32(34)47-38(54)30-8-3-9-35(46-30)42(43,44)45)25-51(49-31)28-12-14-50(15-13-28)16-18-60-20-22-61-21-19-59-17-4-6-26-5-2-7-29-37(26)41(57)52(40(29)56)33-10-11-36(53)48-39(33)55/h2-3,5,7-9,23-25,28,33H,4,6,10-22H2,1H3,(H,47,54)(H,48,53,55). The van der Waals surface area contributed by atoms with Crippen LogP contribution in [0.25, 0.3) is 10.9 Å². The third-order valence-corrected chi connectivity index (χ3v) is 10.9. The number of anilines is 1. The lowest BCUT2D eigenvalue weighted by Gasteiger charge is -2.31. The number of alkyl halides is 3. The van der Waals surface area contributed by atoms with Crippen molar-refractivity contribution in [3.63, 3.8) is 0 Å². The number of carbonyl (C=O) groups excluding carboxylic acids is 5. The minimum Gasteiger partial charge on any atom is -0.494 e. The number of amides is 5. The number of rotatable bonds is 18. The number of methoxy groups -OCH3 is 1. The Kier molecular flexibility index (Phi) is 13.7. The average molecular weight is 850 g/mol. The van der Waals surface area contributed by atoms with Crippen LogP contribution < -0.4 is 15.4 Å². The number of carbonyl (C=O) groups is 5. The van der Waals surface area contributed by atoms with E-state index in [2.05, 4.69) is 20.5 Å².